The van der Waals surface area contributed by atoms with Gasteiger partial charge in [0.2, 0.25) is 0 Å². The summed E-state index contributed by atoms with van der Waals surface area (Å²) in [6, 6.07) is 11.6. The second kappa shape index (κ2) is 5.97. The maximum atomic E-state index is 5.77. The van der Waals surface area contributed by atoms with Crippen LogP contribution in [0, 0.1) is 6.92 Å². The Balaban J connectivity index is 2.05. The van der Waals surface area contributed by atoms with Crippen molar-refractivity contribution in [3.63, 3.8) is 0 Å². The normalized spacial score (nSPS) is 10.3. The molecule has 19 heavy (non-hydrogen) atoms. The highest BCUT2D eigenvalue weighted by molar-refractivity contribution is 9.10. The number of methoxy groups -OCH3 is 1. The Kier molecular flexibility index (Phi) is 4.32. The highest BCUT2D eigenvalue weighted by Gasteiger charge is 2.03. The van der Waals surface area contributed by atoms with Gasteiger partial charge >= 0.3 is 0 Å². The monoisotopic (exact) mass is 321 g/mol. The molecule has 0 aliphatic rings. The third-order valence-electron chi connectivity index (χ3n) is 2.86. The fourth-order valence-electron chi connectivity index (χ4n) is 1.70. The summed E-state index contributed by atoms with van der Waals surface area (Å²) in [5, 5.41) is 0. The van der Waals surface area contributed by atoms with Crippen LogP contribution in [0.4, 0.5) is 5.69 Å². The molecular weight excluding hydrogens is 306 g/mol. The van der Waals surface area contributed by atoms with Gasteiger partial charge in [-0.05, 0) is 64.3 Å². The predicted molar refractivity (Wildman–Crippen MR) is 80.6 cm³/mol. The van der Waals surface area contributed by atoms with Gasteiger partial charge in [-0.25, -0.2) is 0 Å². The predicted octanol–water partition coefficient (Wildman–Crippen LogP) is 3.93. The zero-order chi connectivity index (χ0) is 13.8. The van der Waals surface area contributed by atoms with Gasteiger partial charge in [-0.3, -0.25) is 0 Å². The Hall–Kier alpha value is -1.68. The number of benzene rings is 2. The minimum Gasteiger partial charge on any atom is -0.496 e. The van der Waals surface area contributed by atoms with Gasteiger partial charge in [0.1, 0.15) is 18.1 Å². The lowest BCUT2D eigenvalue weighted by Gasteiger charge is -2.10. The minimum absolute atomic E-state index is 0.506. The van der Waals surface area contributed by atoms with Crippen LogP contribution in [0.1, 0.15) is 11.1 Å². The maximum Gasteiger partial charge on any atom is 0.133 e. The number of rotatable bonds is 4. The topological polar surface area (TPSA) is 44.5 Å². The van der Waals surface area contributed by atoms with Crippen LogP contribution in [0.3, 0.4) is 0 Å². The highest BCUT2D eigenvalue weighted by atomic mass is 79.9. The molecule has 0 aliphatic heterocycles. The van der Waals surface area contributed by atoms with Gasteiger partial charge in [0.15, 0.2) is 0 Å². The molecule has 0 bridgehead atoms. The molecule has 100 valence electrons. The first kappa shape index (κ1) is 13.7. The number of hydrogen-bond donors (Lipinski definition) is 1. The van der Waals surface area contributed by atoms with E-state index in [-0.39, 0.29) is 0 Å². The van der Waals surface area contributed by atoms with E-state index >= 15 is 0 Å². The number of ether oxygens (including phenoxy) is 2. The van der Waals surface area contributed by atoms with Crippen LogP contribution in [0.2, 0.25) is 0 Å². The second-order valence-corrected chi connectivity index (χ2v) is 5.13. The van der Waals surface area contributed by atoms with Crippen LogP contribution in [0.5, 0.6) is 11.5 Å². The van der Waals surface area contributed by atoms with Gasteiger partial charge in [-0.15, -0.1) is 0 Å². The van der Waals surface area contributed by atoms with E-state index in [0.717, 1.165) is 32.8 Å². The molecule has 0 atom stereocenters. The zero-order valence-corrected chi connectivity index (χ0v) is 12.5. The lowest BCUT2D eigenvalue weighted by Crippen LogP contribution is -1.97. The van der Waals surface area contributed by atoms with Crippen molar-refractivity contribution in [1.29, 1.82) is 0 Å². The van der Waals surface area contributed by atoms with Gasteiger partial charge in [-0.1, -0.05) is 6.07 Å². The Morgan fingerprint density at radius 1 is 1.16 bits per heavy atom. The van der Waals surface area contributed by atoms with Gasteiger partial charge in [0, 0.05) is 5.69 Å². The van der Waals surface area contributed by atoms with Crippen LogP contribution in [0.25, 0.3) is 0 Å². The standard InChI is InChI=1S/C15H16BrNO2/c1-10-7-12(4-5-14(10)17)19-9-11-3-6-15(18-2)13(16)8-11/h3-8H,9,17H2,1-2H3. The third kappa shape index (κ3) is 3.41. The Morgan fingerprint density at radius 3 is 2.58 bits per heavy atom. The zero-order valence-electron chi connectivity index (χ0n) is 10.9. The second-order valence-electron chi connectivity index (χ2n) is 4.28. The van der Waals surface area contributed by atoms with E-state index in [1.807, 2.05) is 43.3 Å². The van der Waals surface area contributed by atoms with Gasteiger partial charge in [-0.2, -0.15) is 0 Å². The maximum absolute atomic E-state index is 5.77. The molecule has 0 heterocycles. The van der Waals surface area contributed by atoms with Crippen LogP contribution < -0.4 is 15.2 Å². The van der Waals surface area contributed by atoms with E-state index in [4.69, 9.17) is 15.2 Å². The molecule has 0 fully saturated rings. The SMILES string of the molecule is COc1ccc(COc2ccc(N)c(C)c2)cc1Br. The summed E-state index contributed by atoms with van der Waals surface area (Å²) < 4.78 is 11.9. The summed E-state index contributed by atoms with van der Waals surface area (Å²) in [6.07, 6.45) is 0. The Bertz CT molecular complexity index is 584. The molecule has 0 unspecified atom stereocenters. The molecule has 4 heteroatoms. The van der Waals surface area contributed by atoms with Crippen LogP contribution in [-0.4, -0.2) is 7.11 Å². The molecule has 2 rings (SSSR count). The molecule has 3 nitrogen and oxygen atoms in total. The summed E-state index contributed by atoms with van der Waals surface area (Å²) in [4.78, 5) is 0. The van der Waals surface area contributed by atoms with Crippen molar-refractivity contribution >= 4 is 21.6 Å². The first-order chi connectivity index (χ1) is 9.10. The molecule has 0 aromatic heterocycles. The first-order valence-electron chi connectivity index (χ1n) is 5.91. The van der Waals surface area contributed by atoms with E-state index < -0.39 is 0 Å². The highest BCUT2D eigenvalue weighted by Crippen LogP contribution is 2.26. The van der Waals surface area contributed by atoms with Crippen LogP contribution in [-0.2, 0) is 6.61 Å². The summed E-state index contributed by atoms with van der Waals surface area (Å²) in [6.45, 7) is 2.47. The molecular formula is C15H16BrNO2. The summed E-state index contributed by atoms with van der Waals surface area (Å²) in [5.41, 5.74) is 8.64. The largest absolute Gasteiger partial charge is 0.496 e. The molecule has 0 spiro atoms. The van der Waals surface area contributed by atoms with Gasteiger partial charge in [0.25, 0.3) is 0 Å². The van der Waals surface area contributed by atoms with Crippen LogP contribution >= 0.6 is 15.9 Å². The molecule has 0 saturated heterocycles. The Morgan fingerprint density at radius 2 is 1.95 bits per heavy atom. The number of aryl methyl sites for hydroxylation is 1. The number of halogens is 1. The Labute approximate surface area is 121 Å². The average Bonchev–Trinajstić information content (AvgIpc) is 2.40. The van der Waals surface area contributed by atoms with Crippen molar-refractivity contribution in [1.82, 2.24) is 0 Å². The van der Waals surface area contributed by atoms with E-state index in [1.54, 1.807) is 7.11 Å². The van der Waals surface area contributed by atoms with Crippen molar-refractivity contribution < 1.29 is 9.47 Å². The number of hydrogen-bond acceptors (Lipinski definition) is 3. The first-order valence-corrected chi connectivity index (χ1v) is 6.71. The van der Waals surface area contributed by atoms with E-state index in [0.29, 0.717) is 6.61 Å². The summed E-state index contributed by atoms with van der Waals surface area (Å²) in [5.74, 6) is 1.63. The third-order valence-corrected chi connectivity index (χ3v) is 3.48. The molecule has 2 N–H and O–H groups in total. The molecule has 2 aromatic carbocycles. The van der Waals surface area contributed by atoms with Crippen LogP contribution in [0.15, 0.2) is 40.9 Å². The van der Waals surface area contributed by atoms with Crippen molar-refractivity contribution in [3.8, 4) is 11.5 Å². The van der Waals surface area contributed by atoms with Gasteiger partial charge in [0.05, 0.1) is 11.6 Å². The van der Waals surface area contributed by atoms with Crippen molar-refractivity contribution in [2.75, 3.05) is 12.8 Å². The number of anilines is 1. The molecule has 0 aliphatic carbocycles. The lowest BCUT2D eigenvalue weighted by atomic mass is 10.2. The van der Waals surface area contributed by atoms with Crippen molar-refractivity contribution in [3.05, 3.63) is 52.0 Å². The molecule has 2 aromatic rings. The molecule has 0 amide bonds. The molecule has 0 radical (unpaired) electrons. The van der Waals surface area contributed by atoms with E-state index in [2.05, 4.69) is 15.9 Å². The minimum atomic E-state index is 0.506. The van der Waals surface area contributed by atoms with Crippen molar-refractivity contribution in [2.24, 2.45) is 0 Å². The van der Waals surface area contributed by atoms with Gasteiger partial charge < -0.3 is 15.2 Å². The summed E-state index contributed by atoms with van der Waals surface area (Å²) >= 11 is 3.46. The fraction of sp³-hybridized carbons (Fsp3) is 0.200. The lowest BCUT2D eigenvalue weighted by molar-refractivity contribution is 0.305. The number of nitrogen functional groups attached to an aromatic ring is 1. The summed E-state index contributed by atoms with van der Waals surface area (Å²) in [7, 11) is 1.65. The average molecular weight is 322 g/mol. The fourth-order valence-corrected chi connectivity index (χ4v) is 2.29. The van der Waals surface area contributed by atoms with E-state index in [1.165, 1.54) is 0 Å². The number of nitrogens with two attached hydrogens (primary N) is 1. The van der Waals surface area contributed by atoms with Crippen molar-refractivity contribution in [2.45, 2.75) is 13.5 Å². The smallest absolute Gasteiger partial charge is 0.133 e. The quantitative estimate of drug-likeness (QED) is 0.868. The van der Waals surface area contributed by atoms with E-state index in [9.17, 15) is 0 Å². The molecule has 0 saturated carbocycles.